The third-order valence-corrected chi connectivity index (χ3v) is 5.34. The summed E-state index contributed by atoms with van der Waals surface area (Å²) in [6.07, 6.45) is 8.25. The number of benzene rings is 2. The number of carbonyl (C=O) groups is 2. The van der Waals surface area contributed by atoms with E-state index in [2.05, 4.69) is 15.3 Å². The van der Waals surface area contributed by atoms with Crippen molar-refractivity contribution in [2.45, 2.75) is 6.92 Å². The number of aromatic nitrogens is 2. The Kier molecular flexibility index (Phi) is 7.02. The van der Waals surface area contributed by atoms with Crippen LogP contribution < -0.4 is 10.2 Å². The van der Waals surface area contributed by atoms with Gasteiger partial charge in [0.2, 0.25) is 0 Å². The second kappa shape index (κ2) is 10.5. The van der Waals surface area contributed by atoms with Crippen molar-refractivity contribution in [3.05, 3.63) is 102 Å². The highest BCUT2D eigenvalue weighted by atomic mass is 16.5. The van der Waals surface area contributed by atoms with Crippen LogP contribution in [0.2, 0.25) is 0 Å². The number of hydrogen-bond acceptors (Lipinski definition) is 8. The van der Waals surface area contributed by atoms with Gasteiger partial charge >= 0.3 is 11.9 Å². The number of nitrogens with one attached hydrogen (secondary N) is 1. The Balaban J connectivity index is 1.73. The lowest BCUT2D eigenvalue weighted by atomic mass is 10.1. The molecule has 0 saturated carbocycles. The number of ether oxygens (including phenoxy) is 2. The maximum Gasteiger partial charge on any atom is 0.355 e. The van der Waals surface area contributed by atoms with E-state index >= 15 is 0 Å². The molecule has 8 nitrogen and oxygen atoms in total. The highest BCUT2D eigenvalue weighted by Crippen LogP contribution is 2.30. The summed E-state index contributed by atoms with van der Waals surface area (Å²) in [7, 11) is 2.52. The molecule has 0 unspecified atom stereocenters. The summed E-state index contributed by atoms with van der Waals surface area (Å²) in [5, 5.41) is 3.32. The maximum absolute atomic E-state index is 12.7. The number of methoxy groups -OCH3 is 2. The molecular formula is C27H24N4O4. The van der Waals surface area contributed by atoms with E-state index in [4.69, 9.17) is 9.47 Å². The molecule has 1 aliphatic heterocycles. The molecule has 2 heterocycles. The van der Waals surface area contributed by atoms with Gasteiger partial charge in [0.25, 0.3) is 0 Å². The lowest BCUT2D eigenvalue weighted by Crippen LogP contribution is -2.27. The van der Waals surface area contributed by atoms with Gasteiger partial charge in [-0.3, -0.25) is 0 Å². The Morgan fingerprint density at radius 2 is 1.74 bits per heavy atom. The van der Waals surface area contributed by atoms with Crippen LogP contribution in [0.25, 0.3) is 11.4 Å². The minimum atomic E-state index is -0.673. The van der Waals surface area contributed by atoms with Crippen molar-refractivity contribution in [3.8, 4) is 11.4 Å². The van der Waals surface area contributed by atoms with Crippen LogP contribution in [-0.2, 0) is 19.1 Å². The predicted molar refractivity (Wildman–Crippen MR) is 134 cm³/mol. The molecule has 8 heteroatoms. The number of anilines is 3. The minimum Gasteiger partial charge on any atom is -0.465 e. The first kappa shape index (κ1) is 23.4. The van der Waals surface area contributed by atoms with Gasteiger partial charge in [-0.1, -0.05) is 36.4 Å². The molecule has 0 spiro atoms. The zero-order valence-corrected chi connectivity index (χ0v) is 19.6. The molecule has 1 aromatic heterocycles. The summed E-state index contributed by atoms with van der Waals surface area (Å²) in [6, 6.07) is 17.1. The number of carbonyl (C=O) groups excluding carboxylic acids is 2. The van der Waals surface area contributed by atoms with Crippen LogP contribution in [0.4, 0.5) is 17.2 Å². The molecule has 0 saturated heterocycles. The van der Waals surface area contributed by atoms with Gasteiger partial charge in [0.05, 0.1) is 19.8 Å². The van der Waals surface area contributed by atoms with E-state index in [0.717, 1.165) is 16.8 Å². The van der Waals surface area contributed by atoms with Crippen LogP contribution in [0.5, 0.6) is 0 Å². The van der Waals surface area contributed by atoms with Crippen molar-refractivity contribution in [3.63, 3.8) is 0 Å². The van der Waals surface area contributed by atoms with Gasteiger partial charge in [0.15, 0.2) is 5.82 Å². The van der Waals surface area contributed by atoms with Crippen molar-refractivity contribution in [1.29, 1.82) is 0 Å². The molecule has 0 atom stereocenters. The van der Waals surface area contributed by atoms with Crippen LogP contribution in [0.15, 0.2) is 96.5 Å². The molecule has 3 aromatic rings. The standard InChI is InChI=1S/C27H24N4O4/c1-18-9-4-5-13-22(18)29-23-14-15-28-25(30-23)19-10-8-11-20(17-19)31-16-7-6-12-21(26(32)34-2)24(31)27(33)35-3/h4-17H,1-3H3,(H,28,29,30). The van der Waals surface area contributed by atoms with Crippen LogP contribution >= 0.6 is 0 Å². The molecule has 0 aliphatic carbocycles. The fourth-order valence-electron chi connectivity index (χ4n) is 3.58. The maximum atomic E-state index is 12.7. The molecule has 0 bridgehead atoms. The second-order valence-corrected chi connectivity index (χ2v) is 7.57. The van der Waals surface area contributed by atoms with Crippen molar-refractivity contribution in [2.75, 3.05) is 24.4 Å². The molecule has 1 aliphatic rings. The normalized spacial score (nSPS) is 12.8. The monoisotopic (exact) mass is 468 g/mol. The van der Waals surface area contributed by atoms with Crippen molar-refractivity contribution in [2.24, 2.45) is 0 Å². The van der Waals surface area contributed by atoms with E-state index < -0.39 is 11.9 Å². The smallest absolute Gasteiger partial charge is 0.355 e. The highest BCUT2D eigenvalue weighted by molar-refractivity contribution is 6.05. The SMILES string of the molecule is COC(=O)C1=C(C(=O)OC)N(c2cccc(-c3nccc(Nc4ccccc4C)n3)c2)C=CC=C1. The van der Waals surface area contributed by atoms with Gasteiger partial charge in [0.1, 0.15) is 11.5 Å². The number of allylic oxidation sites excluding steroid dienone is 2. The summed E-state index contributed by atoms with van der Waals surface area (Å²) < 4.78 is 9.85. The fraction of sp³-hybridized carbons (Fsp3) is 0.111. The first-order valence-corrected chi connectivity index (χ1v) is 10.8. The molecule has 0 amide bonds. The number of hydrogen-bond donors (Lipinski definition) is 1. The zero-order chi connectivity index (χ0) is 24.8. The van der Waals surface area contributed by atoms with Crippen molar-refractivity contribution in [1.82, 2.24) is 9.97 Å². The first-order valence-electron chi connectivity index (χ1n) is 10.8. The quantitative estimate of drug-likeness (QED) is 0.521. The third kappa shape index (κ3) is 5.11. The zero-order valence-electron chi connectivity index (χ0n) is 19.6. The van der Waals surface area contributed by atoms with Gasteiger partial charge in [-0.05, 0) is 48.9 Å². The Bertz CT molecular complexity index is 1360. The average molecular weight is 469 g/mol. The van der Waals surface area contributed by atoms with E-state index in [-0.39, 0.29) is 11.3 Å². The van der Waals surface area contributed by atoms with Gasteiger partial charge in [-0.25, -0.2) is 19.6 Å². The number of rotatable bonds is 6. The van der Waals surface area contributed by atoms with Gasteiger partial charge in [-0.15, -0.1) is 0 Å². The van der Waals surface area contributed by atoms with E-state index in [0.29, 0.717) is 17.3 Å². The molecule has 4 rings (SSSR count). The molecular weight excluding hydrogens is 444 g/mol. The van der Waals surface area contributed by atoms with Crippen LogP contribution in [-0.4, -0.2) is 36.1 Å². The Hall–Kier alpha value is -4.72. The number of para-hydroxylation sites is 1. The summed E-state index contributed by atoms with van der Waals surface area (Å²) >= 11 is 0. The lowest BCUT2D eigenvalue weighted by Gasteiger charge is -2.23. The molecule has 1 N–H and O–H groups in total. The highest BCUT2D eigenvalue weighted by Gasteiger charge is 2.27. The van der Waals surface area contributed by atoms with Crippen molar-refractivity contribution >= 4 is 29.1 Å². The molecule has 35 heavy (non-hydrogen) atoms. The van der Waals surface area contributed by atoms with Crippen LogP contribution in [0, 0.1) is 6.92 Å². The molecule has 0 radical (unpaired) electrons. The van der Waals surface area contributed by atoms with E-state index in [9.17, 15) is 9.59 Å². The van der Waals surface area contributed by atoms with Gasteiger partial charge < -0.3 is 19.7 Å². The van der Waals surface area contributed by atoms with E-state index in [1.807, 2.05) is 55.5 Å². The minimum absolute atomic E-state index is 0.0392. The van der Waals surface area contributed by atoms with Crippen LogP contribution in [0.3, 0.4) is 0 Å². The second-order valence-electron chi connectivity index (χ2n) is 7.57. The number of esters is 2. The average Bonchev–Trinajstić information content (AvgIpc) is 3.12. The van der Waals surface area contributed by atoms with Crippen LogP contribution in [0.1, 0.15) is 5.56 Å². The molecule has 2 aromatic carbocycles. The summed E-state index contributed by atoms with van der Waals surface area (Å²) in [5.74, 6) is -0.173. The fourth-order valence-corrected chi connectivity index (χ4v) is 3.58. The molecule has 176 valence electrons. The largest absolute Gasteiger partial charge is 0.465 e. The Labute approximate surface area is 203 Å². The number of nitrogens with zero attached hydrogens (tertiary/aromatic N) is 3. The predicted octanol–water partition coefficient (Wildman–Crippen LogP) is 4.69. The number of aryl methyl sites for hydroxylation is 1. The van der Waals surface area contributed by atoms with E-state index in [1.54, 1.807) is 35.5 Å². The first-order chi connectivity index (χ1) is 17.0. The summed E-state index contributed by atoms with van der Waals surface area (Å²) in [4.78, 5) is 35.8. The van der Waals surface area contributed by atoms with Gasteiger partial charge in [0, 0.05) is 29.3 Å². The Morgan fingerprint density at radius 1 is 0.943 bits per heavy atom. The van der Waals surface area contributed by atoms with Crippen molar-refractivity contribution < 1.29 is 19.1 Å². The molecule has 0 fully saturated rings. The lowest BCUT2D eigenvalue weighted by molar-refractivity contribution is -0.139. The topological polar surface area (TPSA) is 93.7 Å². The van der Waals surface area contributed by atoms with E-state index in [1.165, 1.54) is 20.3 Å². The summed E-state index contributed by atoms with van der Waals surface area (Å²) in [5.41, 5.74) is 3.51. The third-order valence-electron chi connectivity index (χ3n) is 5.34. The Morgan fingerprint density at radius 3 is 2.51 bits per heavy atom. The van der Waals surface area contributed by atoms with Gasteiger partial charge in [-0.2, -0.15) is 0 Å². The summed E-state index contributed by atoms with van der Waals surface area (Å²) in [6.45, 7) is 2.02.